The van der Waals surface area contributed by atoms with Gasteiger partial charge in [-0.3, -0.25) is 5.84 Å². The van der Waals surface area contributed by atoms with E-state index in [1.54, 1.807) is 6.07 Å². The summed E-state index contributed by atoms with van der Waals surface area (Å²) in [5.41, 5.74) is 4.31. The van der Waals surface area contributed by atoms with Crippen molar-refractivity contribution < 1.29 is 5.11 Å². The number of hydrogen-bond donors (Lipinski definition) is 3. The maximum Gasteiger partial charge on any atom is 0.122 e. The number of phenolic OH excluding ortho intramolecular Hbond substituents is 1. The smallest absolute Gasteiger partial charge is 0.122 e. The number of rotatable bonds is 3. The number of fused-ring (bicyclic) bond motifs is 1. The quantitative estimate of drug-likeness (QED) is 0.572. The molecule has 0 aliphatic heterocycles. The second-order valence-electron chi connectivity index (χ2n) is 5.25. The Morgan fingerprint density at radius 3 is 2.39 bits per heavy atom. The third kappa shape index (κ3) is 1.91. The molecule has 0 heterocycles. The van der Waals surface area contributed by atoms with Gasteiger partial charge in [0.1, 0.15) is 5.75 Å². The van der Waals surface area contributed by atoms with E-state index >= 15 is 0 Å². The number of phenols is 1. The van der Waals surface area contributed by atoms with Crippen LogP contribution < -0.4 is 11.3 Å². The predicted octanol–water partition coefficient (Wildman–Crippen LogP) is 3.52. The monoisotopic (exact) mass is 244 g/mol. The molecule has 3 nitrogen and oxygen atoms in total. The summed E-state index contributed by atoms with van der Waals surface area (Å²) in [6.45, 7) is 6.41. The van der Waals surface area contributed by atoms with Crippen molar-refractivity contribution in [2.45, 2.75) is 32.6 Å². The number of nitrogens with two attached hydrogens (primary N) is 1. The molecule has 0 amide bonds. The first kappa shape index (κ1) is 12.7. The van der Waals surface area contributed by atoms with Gasteiger partial charge >= 0.3 is 0 Å². The molecule has 0 spiro atoms. The zero-order chi connectivity index (χ0) is 13.3. The van der Waals surface area contributed by atoms with E-state index in [0.717, 1.165) is 28.4 Å². The molecule has 0 aliphatic rings. The van der Waals surface area contributed by atoms with Crippen molar-refractivity contribution in [2.24, 2.45) is 5.84 Å². The largest absolute Gasteiger partial charge is 0.508 e. The molecule has 2 aromatic rings. The van der Waals surface area contributed by atoms with Crippen molar-refractivity contribution >= 4 is 16.5 Å². The van der Waals surface area contributed by atoms with Gasteiger partial charge in [0.15, 0.2) is 0 Å². The maximum atomic E-state index is 10.3. The van der Waals surface area contributed by atoms with Gasteiger partial charge in [0, 0.05) is 17.0 Å². The van der Waals surface area contributed by atoms with Crippen molar-refractivity contribution in [3.05, 3.63) is 35.9 Å². The highest BCUT2D eigenvalue weighted by atomic mass is 16.3. The molecule has 3 heteroatoms. The van der Waals surface area contributed by atoms with Gasteiger partial charge < -0.3 is 10.5 Å². The van der Waals surface area contributed by atoms with Crippen LogP contribution in [0.15, 0.2) is 30.3 Å². The Labute approximate surface area is 108 Å². The molecule has 0 saturated heterocycles. The number of aromatic hydroxyl groups is 1. The summed E-state index contributed by atoms with van der Waals surface area (Å²) < 4.78 is 0. The summed E-state index contributed by atoms with van der Waals surface area (Å²) in [4.78, 5) is 0. The average molecular weight is 244 g/mol. The third-order valence-corrected chi connectivity index (χ3v) is 3.74. The van der Waals surface area contributed by atoms with Gasteiger partial charge in [0.05, 0.1) is 5.69 Å². The molecular formula is C15H20N2O. The van der Waals surface area contributed by atoms with Crippen LogP contribution in [-0.2, 0) is 5.41 Å². The van der Waals surface area contributed by atoms with E-state index in [4.69, 9.17) is 5.84 Å². The molecular weight excluding hydrogens is 224 g/mol. The minimum Gasteiger partial charge on any atom is -0.508 e. The zero-order valence-electron chi connectivity index (χ0n) is 11.1. The van der Waals surface area contributed by atoms with Gasteiger partial charge in [-0.15, -0.1) is 0 Å². The minimum atomic E-state index is -0.0726. The van der Waals surface area contributed by atoms with Crippen LogP contribution in [0.3, 0.4) is 0 Å². The van der Waals surface area contributed by atoms with Gasteiger partial charge in [-0.1, -0.05) is 45.0 Å². The summed E-state index contributed by atoms with van der Waals surface area (Å²) in [7, 11) is 0. The highest BCUT2D eigenvalue weighted by Crippen LogP contribution is 2.41. The Hall–Kier alpha value is -1.74. The molecule has 0 bridgehead atoms. The Balaban J connectivity index is 2.86. The predicted molar refractivity (Wildman–Crippen MR) is 76.7 cm³/mol. The Kier molecular flexibility index (Phi) is 3.18. The third-order valence-electron chi connectivity index (χ3n) is 3.74. The van der Waals surface area contributed by atoms with Crippen molar-refractivity contribution in [1.29, 1.82) is 0 Å². The van der Waals surface area contributed by atoms with E-state index in [-0.39, 0.29) is 5.41 Å². The molecule has 2 aromatic carbocycles. The van der Waals surface area contributed by atoms with Crippen molar-refractivity contribution in [1.82, 2.24) is 0 Å². The number of anilines is 1. The van der Waals surface area contributed by atoms with Crippen LogP contribution >= 0.6 is 0 Å². The van der Waals surface area contributed by atoms with Crippen LogP contribution in [0, 0.1) is 0 Å². The molecule has 0 fully saturated rings. The van der Waals surface area contributed by atoms with E-state index in [9.17, 15) is 5.11 Å². The molecule has 0 aliphatic carbocycles. The highest BCUT2D eigenvalue weighted by Gasteiger charge is 2.25. The van der Waals surface area contributed by atoms with Crippen molar-refractivity contribution in [3.63, 3.8) is 0 Å². The minimum absolute atomic E-state index is 0.0726. The molecule has 96 valence electrons. The van der Waals surface area contributed by atoms with Gasteiger partial charge in [-0.05, 0) is 17.2 Å². The molecule has 18 heavy (non-hydrogen) atoms. The summed E-state index contributed by atoms with van der Waals surface area (Å²) >= 11 is 0. The van der Waals surface area contributed by atoms with E-state index in [1.807, 2.05) is 24.3 Å². The topological polar surface area (TPSA) is 58.3 Å². The van der Waals surface area contributed by atoms with E-state index < -0.39 is 0 Å². The van der Waals surface area contributed by atoms with Crippen LogP contribution in [-0.4, -0.2) is 5.11 Å². The number of nitrogen functional groups attached to an aromatic ring is 1. The molecule has 0 unspecified atom stereocenters. The number of hydrazine groups is 1. The van der Waals surface area contributed by atoms with Crippen LogP contribution in [0.2, 0.25) is 0 Å². The van der Waals surface area contributed by atoms with Crippen molar-refractivity contribution in [3.8, 4) is 5.75 Å². The summed E-state index contributed by atoms with van der Waals surface area (Å²) in [5.74, 6) is 5.81. The molecule has 0 atom stereocenters. The van der Waals surface area contributed by atoms with E-state index in [1.165, 1.54) is 0 Å². The van der Waals surface area contributed by atoms with Crippen molar-refractivity contribution in [2.75, 3.05) is 5.43 Å². The summed E-state index contributed by atoms with van der Waals surface area (Å²) in [6, 6.07) is 9.71. The fourth-order valence-electron chi connectivity index (χ4n) is 2.37. The molecule has 4 N–H and O–H groups in total. The lowest BCUT2D eigenvalue weighted by molar-refractivity contribution is 0.432. The van der Waals surface area contributed by atoms with Gasteiger partial charge in [-0.25, -0.2) is 0 Å². The lowest BCUT2D eigenvalue weighted by Crippen LogP contribution is -2.17. The van der Waals surface area contributed by atoms with Crippen LogP contribution in [0.4, 0.5) is 5.69 Å². The SMILES string of the molecule is CCC(C)(C)c1c(O)cc(NN)c2ccccc12. The van der Waals surface area contributed by atoms with Crippen LogP contribution in [0.1, 0.15) is 32.8 Å². The highest BCUT2D eigenvalue weighted by molar-refractivity contribution is 5.98. The first-order valence-corrected chi connectivity index (χ1v) is 6.23. The second kappa shape index (κ2) is 4.50. The molecule has 0 aromatic heterocycles. The molecule has 0 saturated carbocycles. The summed E-state index contributed by atoms with van der Waals surface area (Å²) in [6.07, 6.45) is 0.958. The first-order valence-electron chi connectivity index (χ1n) is 6.23. The Bertz CT molecular complexity index is 576. The number of hydrogen-bond acceptors (Lipinski definition) is 3. The lowest BCUT2D eigenvalue weighted by atomic mass is 9.79. The number of nitrogens with one attached hydrogen (secondary N) is 1. The zero-order valence-corrected chi connectivity index (χ0v) is 11.1. The fourth-order valence-corrected chi connectivity index (χ4v) is 2.37. The molecule has 2 rings (SSSR count). The lowest BCUT2D eigenvalue weighted by Gasteiger charge is -2.27. The van der Waals surface area contributed by atoms with E-state index in [2.05, 4.69) is 26.2 Å². The first-order chi connectivity index (χ1) is 8.51. The Morgan fingerprint density at radius 1 is 1.22 bits per heavy atom. The Morgan fingerprint density at radius 2 is 1.83 bits per heavy atom. The summed E-state index contributed by atoms with van der Waals surface area (Å²) in [5, 5.41) is 12.4. The fraction of sp³-hybridized carbons (Fsp3) is 0.333. The second-order valence-corrected chi connectivity index (χ2v) is 5.25. The average Bonchev–Trinajstić information content (AvgIpc) is 2.37. The van der Waals surface area contributed by atoms with Gasteiger partial charge in [0.2, 0.25) is 0 Å². The van der Waals surface area contributed by atoms with Crippen LogP contribution in [0.5, 0.6) is 5.75 Å². The maximum absolute atomic E-state index is 10.3. The standard InChI is InChI=1S/C15H20N2O/c1-4-15(2,3)14-11-8-6-5-7-10(11)12(17-16)9-13(14)18/h5-9,17-18H,4,16H2,1-3H3. The normalized spacial score (nSPS) is 11.8. The molecule has 0 radical (unpaired) electrons. The van der Waals surface area contributed by atoms with E-state index in [0.29, 0.717) is 5.75 Å². The van der Waals surface area contributed by atoms with Gasteiger partial charge in [0.25, 0.3) is 0 Å². The van der Waals surface area contributed by atoms with Gasteiger partial charge in [-0.2, -0.15) is 0 Å². The van der Waals surface area contributed by atoms with Crippen LogP contribution in [0.25, 0.3) is 10.8 Å². The number of benzene rings is 2.